The Morgan fingerprint density at radius 1 is 1.26 bits per heavy atom. The molecular weight excluding hydrogens is 264 g/mol. The molecule has 2 amide bonds. The van der Waals surface area contributed by atoms with Crippen LogP contribution < -0.4 is 5.32 Å². The van der Waals surface area contributed by atoms with Crippen molar-refractivity contribution in [3.8, 4) is 0 Å². The highest BCUT2D eigenvalue weighted by atomic mass is 32.2. The van der Waals surface area contributed by atoms with E-state index in [0.29, 0.717) is 24.9 Å². The van der Waals surface area contributed by atoms with E-state index in [2.05, 4.69) is 5.32 Å². The lowest BCUT2D eigenvalue weighted by Crippen LogP contribution is -2.50. The van der Waals surface area contributed by atoms with Crippen LogP contribution in [0.25, 0.3) is 0 Å². The molecular formula is C13H24N2O3S. The van der Waals surface area contributed by atoms with E-state index >= 15 is 0 Å². The van der Waals surface area contributed by atoms with Crippen LogP contribution >= 0.6 is 0 Å². The third-order valence-corrected chi connectivity index (χ3v) is 5.25. The first-order valence-electron chi connectivity index (χ1n) is 7.19. The maximum absolute atomic E-state index is 12.1. The molecule has 1 heterocycles. The number of likely N-dealkylation sites (tertiary alicyclic amines) is 1. The first-order valence-corrected chi connectivity index (χ1v) is 9.25. The van der Waals surface area contributed by atoms with Crippen molar-refractivity contribution in [2.45, 2.75) is 44.6 Å². The molecule has 1 saturated carbocycles. The summed E-state index contributed by atoms with van der Waals surface area (Å²) in [4.78, 5) is 14.1. The van der Waals surface area contributed by atoms with Crippen molar-refractivity contribution in [1.82, 2.24) is 10.2 Å². The van der Waals surface area contributed by atoms with E-state index in [0.717, 1.165) is 19.4 Å². The Balaban J connectivity index is 1.76. The number of hydrogen-bond acceptors (Lipinski definition) is 3. The van der Waals surface area contributed by atoms with Crippen molar-refractivity contribution in [2.24, 2.45) is 5.92 Å². The van der Waals surface area contributed by atoms with E-state index in [1.54, 1.807) is 0 Å². The van der Waals surface area contributed by atoms with Crippen LogP contribution in [-0.2, 0) is 9.84 Å². The number of fused-ring (bicyclic) bond motifs is 1. The average Bonchev–Trinajstić information content (AvgIpc) is 2.81. The lowest BCUT2D eigenvalue weighted by Gasteiger charge is -2.37. The summed E-state index contributed by atoms with van der Waals surface area (Å²) in [5.41, 5.74) is 0. The number of hydrogen-bond donors (Lipinski definition) is 1. The molecule has 0 aromatic carbocycles. The maximum atomic E-state index is 12.1. The molecule has 110 valence electrons. The lowest BCUT2D eigenvalue weighted by atomic mass is 9.92. The Kier molecular flexibility index (Phi) is 4.71. The smallest absolute Gasteiger partial charge is 0.317 e. The normalized spacial score (nSPS) is 27.1. The van der Waals surface area contributed by atoms with Crippen molar-refractivity contribution in [2.75, 3.05) is 25.1 Å². The molecule has 2 aliphatic rings. The Labute approximate surface area is 115 Å². The molecule has 5 nitrogen and oxygen atoms in total. The van der Waals surface area contributed by atoms with Crippen LogP contribution in [0.3, 0.4) is 0 Å². The molecule has 1 aliphatic heterocycles. The Morgan fingerprint density at radius 2 is 2.00 bits per heavy atom. The van der Waals surface area contributed by atoms with Gasteiger partial charge in [0.25, 0.3) is 0 Å². The molecule has 0 bridgehead atoms. The average molecular weight is 288 g/mol. The fourth-order valence-electron chi connectivity index (χ4n) is 3.34. The second-order valence-corrected chi connectivity index (χ2v) is 8.07. The van der Waals surface area contributed by atoms with Crippen molar-refractivity contribution in [1.29, 1.82) is 0 Å². The van der Waals surface area contributed by atoms with Gasteiger partial charge in [-0.3, -0.25) is 0 Å². The standard InChI is InChI=1S/C13H24N2O3S/c1-19(17,18)10-4-8-14-13(16)15-9-3-6-11-5-2-7-12(11)15/h11-12H,2-10H2,1H3,(H,14,16)/t11-,12+/m1/s1. The molecule has 0 aromatic heterocycles. The molecule has 19 heavy (non-hydrogen) atoms. The van der Waals surface area contributed by atoms with Gasteiger partial charge in [-0.05, 0) is 38.0 Å². The van der Waals surface area contributed by atoms with Crippen molar-refractivity contribution < 1.29 is 13.2 Å². The summed E-state index contributed by atoms with van der Waals surface area (Å²) < 4.78 is 22.0. The Morgan fingerprint density at radius 3 is 2.74 bits per heavy atom. The summed E-state index contributed by atoms with van der Waals surface area (Å²) in [6, 6.07) is 0.411. The van der Waals surface area contributed by atoms with E-state index in [4.69, 9.17) is 0 Å². The van der Waals surface area contributed by atoms with Crippen LogP contribution in [-0.4, -0.2) is 50.5 Å². The molecule has 1 N–H and O–H groups in total. The number of sulfone groups is 1. The lowest BCUT2D eigenvalue weighted by molar-refractivity contribution is 0.128. The summed E-state index contributed by atoms with van der Waals surface area (Å²) in [6.07, 6.45) is 7.67. The van der Waals surface area contributed by atoms with Gasteiger partial charge in [0.2, 0.25) is 0 Å². The molecule has 6 heteroatoms. The van der Waals surface area contributed by atoms with Gasteiger partial charge in [0.05, 0.1) is 5.75 Å². The minimum Gasteiger partial charge on any atom is -0.338 e. The van der Waals surface area contributed by atoms with Gasteiger partial charge in [0.1, 0.15) is 9.84 Å². The number of nitrogens with zero attached hydrogens (tertiary/aromatic N) is 1. The number of urea groups is 1. The SMILES string of the molecule is CS(=O)(=O)CCCNC(=O)N1CCC[C@H]2CCC[C@@H]21. The van der Waals surface area contributed by atoms with Crippen LogP contribution in [0.2, 0.25) is 0 Å². The molecule has 2 rings (SSSR count). The van der Waals surface area contributed by atoms with Gasteiger partial charge >= 0.3 is 6.03 Å². The zero-order chi connectivity index (χ0) is 13.9. The van der Waals surface area contributed by atoms with E-state index in [1.807, 2.05) is 4.90 Å². The second-order valence-electron chi connectivity index (χ2n) is 5.81. The van der Waals surface area contributed by atoms with Crippen LogP contribution in [0.5, 0.6) is 0 Å². The molecule has 0 spiro atoms. The molecule has 1 saturated heterocycles. The third kappa shape index (κ3) is 4.09. The van der Waals surface area contributed by atoms with Gasteiger partial charge < -0.3 is 10.2 Å². The number of amides is 2. The first-order chi connectivity index (χ1) is 8.97. The second kappa shape index (κ2) is 6.11. The molecule has 0 aromatic rings. The zero-order valence-electron chi connectivity index (χ0n) is 11.6. The minimum atomic E-state index is -2.93. The van der Waals surface area contributed by atoms with Gasteiger partial charge in [-0.1, -0.05) is 6.42 Å². The fraction of sp³-hybridized carbons (Fsp3) is 0.923. The molecule has 0 unspecified atom stereocenters. The first kappa shape index (κ1) is 14.6. The largest absolute Gasteiger partial charge is 0.338 e. The molecule has 1 aliphatic carbocycles. The summed E-state index contributed by atoms with van der Waals surface area (Å²) >= 11 is 0. The third-order valence-electron chi connectivity index (χ3n) is 4.22. The summed E-state index contributed by atoms with van der Waals surface area (Å²) in [6.45, 7) is 1.29. The monoisotopic (exact) mass is 288 g/mol. The van der Waals surface area contributed by atoms with Crippen molar-refractivity contribution in [3.63, 3.8) is 0 Å². The summed E-state index contributed by atoms with van der Waals surface area (Å²) in [7, 11) is -2.93. The highest BCUT2D eigenvalue weighted by Gasteiger charge is 2.37. The van der Waals surface area contributed by atoms with Crippen LogP contribution in [0, 0.1) is 5.92 Å². The number of rotatable bonds is 4. The van der Waals surface area contributed by atoms with E-state index < -0.39 is 9.84 Å². The predicted octanol–water partition coefficient (Wildman–Crippen LogP) is 1.40. The Bertz CT molecular complexity index is 422. The maximum Gasteiger partial charge on any atom is 0.317 e. The molecule has 0 radical (unpaired) electrons. The predicted molar refractivity (Wildman–Crippen MR) is 74.8 cm³/mol. The number of piperidine rings is 1. The van der Waals surface area contributed by atoms with Gasteiger partial charge in [-0.25, -0.2) is 13.2 Å². The van der Waals surface area contributed by atoms with E-state index in [9.17, 15) is 13.2 Å². The summed E-state index contributed by atoms with van der Waals surface area (Å²) in [5, 5.41) is 2.86. The quantitative estimate of drug-likeness (QED) is 0.795. The van der Waals surface area contributed by atoms with Crippen molar-refractivity contribution >= 4 is 15.9 Å². The van der Waals surface area contributed by atoms with Crippen LogP contribution in [0.1, 0.15) is 38.5 Å². The highest BCUT2D eigenvalue weighted by Crippen LogP contribution is 2.36. The number of carbonyl (C=O) groups is 1. The fourth-order valence-corrected chi connectivity index (χ4v) is 4.01. The van der Waals surface area contributed by atoms with Gasteiger partial charge in [-0.2, -0.15) is 0 Å². The zero-order valence-corrected chi connectivity index (χ0v) is 12.4. The Hall–Kier alpha value is -0.780. The topological polar surface area (TPSA) is 66.5 Å². The summed E-state index contributed by atoms with van der Waals surface area (Å²) in [5.74, 6) is 0.829. The van der Waals surface area contributed by atoms with E-state index in [-0.39, 0.29) is 11.8 Å². The molecule has 2 atom stereocenters. The van der Waals surface area contributed by atoms with Gasteiger partial charge in [0, 0.05) is 25.4 Å². The molecule has 2 fully saturated rings. The van der Waals surface area contributed by atoms with Gasteiger partial charge in [-0.15, -0.1) is 0 Å². The van der Waals surface area contributed by atoms with E-state index in [1.165, 1.54) is 25.5 Å². The number of nitrogens with one attached hydrogen (secondary N) is 1. The highest BCUT2D eigenvalue weighted by molar-refractivity contribution is 7.90. The van der Waals surface area contributed by atoms with Gasteiger partial charge in [0.15, 0.2) is 0 Å². The van der Waals surface area contributed by atoms with Crippen molar-refractivity contribution in [3.05, 3.63) is 0 Å². The minimum absolute atomic E-state index is 0.00917. The number of carbonyl (C=O) groups excluding carboxylic acids is 1. The van der Waals surface area contributed by atoms with Crippen LogP contribution in [0.4, 0.5) is 4.79 Å². The van der Waals surface area contributed by atoms with Crippen LogP contribution in [0.15, 0.2) is 0 Å².